The maximum absolute atomic E-state index is 14.0. The number of amides is 2. The van der Waals surface area contributed by atoms with E-state index in [2.05, 4.69) is 27.4 Å². The summed E-state index contributed by atoms with van der Waals surface area (Å²) < 4.78 is 0. The van der Waals surface area contributed by atoms with Gasteiger partial charge in [-0.25, -0.2) is 0 Å². The van der Waals surface area contributed by atoms with E-state index in [-0.39, 0.29) is 29.3 Å². The first-order valence-electron chi connectivity index (χ1n) is 15.1. The summed E-state index contributed by atoms with van der Waals surface area (Å²) in [5.41, 5.74) is 0.945. The van der Waals surface area contributed by atoms with Gasteiger partial charge in [-0.2, -0.15) is 0 Å². The van der Waals surface area contributed by atoms with Crippen LogP contribution in [0.15, 0.2) is 24.3 Å². The molecule has 2 heterocycles. The minimum absolute atomic E-state index is 0.0265. The van der Waals surface area contributed by atoms with Crippen molar-refractivity contribution in [1.29, 1.82) is 0 Å². The summed E-state index contributed by atoms with van der Waals surface area (Å²) in [6.07, 6.45) is 10.9. The molecular weight excluding hydrogens is 496 g/mol. The molecule has 1 aliphatic carbocycles. The molecule has 1 unspecified atom stereocenters. The molecule has 2 atom stereocenters. The SMILES string of the molecule is CCN1CCCC1CN[C@H](Cc1ccc(Cl)cc1)C(=O)N1CCC(NC(=O)C(C)C)(C2CCCCC2)CC1. The minimum Gasteiger partial charge on any atom is -0.350 e. The van der Waals surface area contributed by atoms with E-state index in [0.717, 1.165) is 38.0 Å². The lowest BCUT2D eigenvalue weighted by Crippen LogP contribution is -2.62. The van der Waals surface area contributed by atoms with E-state index in [1.165, 1.54) is 44.9 Å². The number of piperidine rings is 1. The Hall–Kier alpha value is -1.63. The average molecular weight is 545 g/mol. The molecule has 2 amide bonds. The number of likely N-dealkylation sites (N-methyl/N-ethyl adjacent to an activating group) is 1. The second-order valence-electron chi connectivity index (χ2n) is 12.2. The molecule has 0 bridgehead atoms. The summed E-state index contributed by atoms with van der Waals surface area (Å²) in [6, 6.07) is 8.11. The summed E-state index contributed by atoms with van der Waals surface area (Å²) in [5, 5.41) is 7.90. The third-order valence-electron chi connectivity index (χ3n) is 9.41. The topological polar surface area (TPSA) is 64.7 Å². The highest BCUT2D eigenvalue weighted by atomic mass is 35.5. The average Bonchev–Trinajstić information content (AvgIpc) is 3.40. The second kappa shape index (κ2) is 13.6. The molecule has 2 saturated heterocycles. The fourth-order valence-corrected chi connectivity index (χ4v) is 7.08. The monoisotopic (exact) mass is 544 g/mol. The summed E-state index contributed by atoms with van der Waals surface area (Å²) >= 11 is 6.13. The van der Waals surface area contributed by atoms with E-state index in [9.17, 15) is 9.59 Å². The van der Waals surface area contributed by atoms with Crippen LogP contribution in [-0.2, 0) is 16.0 Å². The lowest BCUT2D eigenvalue weighted by molar-refractivity contribution is -0.136. The van der Waals surface area contributed by atoms with Crippen LogP contribution < -0.4 is 10.6 Å². The fourth-order valence-electron chi connectivity index (χ4n) is 6.95. The van der Waals surface area contributed by atoms with Gasteiger partial charge in [0.2, 0.25) is 11.8 Å². The number of hydrogen-bond donors (Lipinski definition) is 2. The van der Waals surface area contributed by atoms with Crippen LogP contribution in [-0.4, -0.2) is 72.0 Å². The highest BCUT2D eigenvalue weighted by molar-refractivity contribution is 6.30. The number of carbonyl (C=O) groups excluding carboxylic acids is 2. The van der Waals surface area contributed by atoms with Gasteiger partial charge in [-0.15, -0.1) is 0 Å². The predicted molar refractivity (Wildman–Crippen MR) is 155 cm³/mol. The third kappa shape index (κ3) is 7.31. The Morgan fingerprint density at radius 2 is 1.68 bits per heavy atom. The molecule has 4 rings (SSSR count). The summed E-state index contributed by atoms with van der Waals surface area (Å²) in [5.74, 6) is 0.825. The number of nitrogens with one attached hydrogen (secondary N) is 2. The number of nitrogens with zero attached hydrogens (tertiary/aromatic N) is 2. The van der Waals surface area contributed by atoms with Gasteiger partial charge >= 0.3 is 0 Å². The van der Waals surface area contributed by atoms with Gasteiger partial charge in [0.25, 0.3) is 0 Å². The van der Waals surface area contributed by atoms with Crippen LogP contribution in [0.25, 0.3) is 0 Å². The zero-order valence-corrected chi connectivity index (χ0v) is 24.6. The highest BCUT2D eigenvalue weighted by Gasteiger charge is 2.44. The van der Waals surface area contributed by atoms with Crippen molar-refractivity contribution in [2.24, 2.45) is 11.8 Å². The van der Waals surface area contributed by atoms with Gasteiger partial charge in [0.15, 0.2) is 0 Å². The zero-order chi connectivity index (χ0) is 27.1. The maximum Gasteiger partial charge on any atom is 0.240 e. The van der Waals surface area contributed by atoms with Crippen LogP contribution in [0.1, 0.15) is 84.1 Å². The van der Waals surface area contributed by atoms with Crippen molar-refractivity contribution in [3.63, 3.8) is 0 Å². The number of carbonyl (C=O) groups is 2. The first kappa shape index (κ1) is 29.4. The van der Waals surface area contributed by atoms with Gasteiger partial charge in [0.05, 0.1) is 6.04 Å². The fraction of sp³-hybridized carbons (Fsp3) is 0.742. The van der Waals surface area contributed by atoms with Crippen molar-refractivity contribution in [2.75, 3.05) is 32.7 Å². The molecule has 0 spiro atoms. The largest absolute Gasteiger partial charge is 0.350 e. The summed E-state index contributed by atoms with van der Waals surface area (Å²) in [4.78, 5) is 31.4. The van der Waals surface area contributed by atoms with Crippen molar-refractivity contribution in [1.82, 2.24) is 20.4 Å². The third-order valence-corrected chi connectivity index (χ3v) is 9.66. The molecule has 3 fully saturated rings. The highest BCUT2D eigenvalue weighted by Crippen LogP contribution is 2.39. The van der Waals surface area contributed by atoms with Crippen molar-refractivity contribution in [2.45, 2.75) is 103 Å². The Morgan fingerprint density at radius 1 is 1.00 bits per heavy atom. The molecule has 7 heteroatoms. The van der Waals surface area contributed by atoms with E-state index in [4.69, 9.17) is 11.6 Å². The Balaban J connectivity index is 1.45. The van der Waals surface area contributed by atoms with Crippen LogP contribution in [0.4, 0.5) is 0 Å². The van der Waals surface area contributed by atoms with Crippen molar-refractivity contribution in [3.05, 3.63) is 34.9 Å². The molecular formula is C31H49ClN4O2. The molecule has 1 aromatic carbocycles. The molecule has 6 nitrogen and oxygen atoms in total. The lowest BCUT2D eigenvalue weighted by Gasteiger charge is -2.49. The molecule has 1 aromatic rings. The van der Waals surface area contributed by atoms with Crippen molar-refractivity contribution in [3.8, 4) is 0 Å². The van der Waals surface area contributed by atoms with E-state index >= 15 is 0 Å². The Labute approximate surface area is 235 Å². The Morgan fingerprint density at radius 3 is 2.32 bits per heavy atom. The van der Waals surface area contributed by atoms with Gasteiger partial charge < -0.3 is 15.5 Å². The van der Waals surface area contributed by atoms with Gasteiger partial charge in [-0.3, -0.25) is 14.5 Å². The standard InChI is InChI=1S/C31H49ClN4O2/c1-4-35-18-8-11-27(35)22-33-28(21-24-12-14-26(32)15-13-24)30(38)36-19-16-31(17-20-36,34-29(37)23(2)3)25-9-6-5-7-10-25/h12-15,23,25,27-28,33H,4-11,16-22H2,1-3H3,(H,34,37)/t27?,28-/m1/s1. The zero-order valence-electron chi connectivity index (χ0n) is 23.8. The van der Waals surface area contributed by atoms with Crippen molar-refractivity contribution >= 4 is 23.4 Å². The minimum atomic E-state index is -0.261. The summed E-state index contributed by atoms with van der Waals surface area (Å²) in [6.45, 7) is 10.6. The molecule has 1 saturated carbocycles. The van der Waals surface area contributed by atoms with E-state index in [1.807, 2.05) is 38.1 Å². The van der Waals surface area contributed by atoms with Gasteiger partial charge in [0.1, 0.15) is 0 Å². The van der Waals surface area contributed by atoms with Gasteiger partial charge in [-0.1, -0.05) is 63.8 Å². The number of rotatable bonds is 10. The van der Waals surface area contributed by atoms with Crippen LogP contribution in [0, 0.1) is 11.8 Å². The van der Waals surface area contributed by atoms with Gasteiger partial charge in [-0.05, 0) is 81.6 Å². The van der Waals surface area contributed by atoms with Crippen LogP contribution >= 0.6 is 11.6 Å². The molecule has 2 aliphatic heterocycles. The second-order valence-corrected chi connectivity index (χ2v) is 12.6. The number of likely N-dealkylation sites (tertiary alicyclic amines) is 2. The van der Waals surface area contributed by atoms with Crippen LogP contribution in [0.2, 0.25) is 5.02 Å². The molecule has 212 valence electrons. The number of halogens is 1. The molecule has 3 aliphatic rings. The van der Waals surface area contributed by atoms with Crippen LogP contribution in [0.5, 0.6) is 0 Å². The molecule has 0 aromatic heterocycles. The Bertz CT molecular complexity index is 907. The quantitative estimate of drug-likeness (QED) is 0.433. The smallest absolute Gasteiger partial charge is 0.240 e. The van der Waals surface area contributed by atoms with Gasteiger partial charge in [0, 0.05) is 42.2 Å². The Kier molecular flexibility index (Phi) is 10.5. The lowest BCUT2D eigenvalue weighted by atomic mass is 9.69. The van der Waals surface area contributed by atoms with E-state index in [1.54, 1.807) is 0 Å². The predicted octanol–water partition coefficient (Wildman–Crippen LogP) is 5.04. The van der Waals surface area contributed by atoms with E-state index in [0.29, 0.717) is 36.5 Å². The number of benzene rings is 1. The first-order chi connectivity index (χ1) is 18.3. The molecule has 38 heavy (non-hydrogen) atoms. The molecule has 2 N–H and O–H groups in total. The maximum atomic E-state index is 14.0. The number of hydrogen-bond acceptors (Lipinski definition) is 4. The normalized spacial score (nSPS) is 23.5. The summed E-state index contributed by atoms with van der Waals surface area (Å²) in [7, 11) is 0. The molecule has 0 radical (unpaired) electrons. The first-order valence-corrected chi connectivity index (χ1v) is 15.5. The van der Waals surface area contributed by atoms with Crippen LogP contribution in [0.3, 0.4) is 0 Å². The van der Waals surface area contributed by atoms with E-state index < -0.39 is 0 Å². The van der Waals surface area contributed by atoms with Crippen molar-refractivity contribution < 1.29 is 9.59 Å².